The summed E-state index contributed by atoms with van der Waals surface area (Å²) in [5, 5.41) is 3.30. The van der Waals surface area contributed by atoms with Gasteiger partial charge in [-0.3, -0.25) is 4.79 Å². The predicted octanol–water partition coefficient (Wildman–Crippen LogP) is 0.540. The van der Waals surface area contributed by atoms with Gasteiger partial charge >= 0.3 is 0 Å². The Morgan fingerprint density at radius 1 is 1.42 bits per heavy atom. The number of thioether (sulfide) groups is 1. The zero-order valence-electron chi connectivity index (χ0n) is 11.6. The molecular weight excluding hydrogens is 284 g/mol. The molecule has 0 aromatic heterocycles. The molecule has 1 aliphatic carbocycles. The quantitative estimate of drug-likeness (QED) is 0.575. The molecule has 0 aromatic carbocycles. The van der Waals surface area contributed by atoms with E-state index < -0.39 is 15.4 Å². The minimum atomic E-state index is -2.87. The minimum absolute atomic E-state index is 0.213. The highest BCUT2D eigenvalue weighted by molar-refractivity contribution is 8.00. The van der Waals surface area contributed by atoms with Crippen molar-refractivity contribution in [3.63, 3.8) is 0 Å². The number of sulfone groups is 1. The van der Waals surface area contributed by atoms with Crippen molar-refractivity contribution in [3.8, 4) is 0 Å². The standard InChI is InChI=1S/C12H24N2O3S2/c1-12(11(13)15,14-10-4-5-10)6-3-7-18-8-9-19(2,16)17/h10,14H,3-9H2,1-2H3,(H2,13,15). The van der Waals surface area contributed by atoms with Crippen molar-refractivity contribution in [3.05, 3.63) is 0 Å². The van der Waals surface area contributed by atoms with Crippen LogP contribution in [0.5, 0.6) is 0 Å². The van der Waals surface area contributed by atoms with E-state index in [2.05, 4.69) is 5.32 Å². The summed E-state index contributed by atoms with van der Waals surface area (Å²) in [6.45, 7) is 1.86. The maximum atomic E-state index is 11.5. The van der Waals surface area contributed by atoms with Gasteiger partial charge in [-0.15, -0.1) is 0 Å². The van der Waals surface area contributed by atoms with Crippen LogP contribution in [0.4, 0.5) is 0 Å². The normalized spacial score (nSPS) is 19.1. The zero-order chi connectivity index (χ0) is 14.5. The lowest BCUT2D eigenvalue weighted by atomic mass is 9.95. The molecule has 1 rings (SSSR count). The Kier molecular flexibility index (Phi) is 6.14. The van der Waals surface area contributed by atoms with Crippen LogP contribution in [0.15, 0.2) is 0 Å². The third kappa shape index (κ3) is 7.17. The van der Waals surface area contributed by atoms with Crippen molar-refractivity contribution in [2.45, 2.75) is 44.2 Å². The first-order chi connectivity index (χ1) is 8.73. The largest absolute Gasteiger partial charge is 0.368 e. The van der Waals surface area contributed by atoms with Gasteiger partial charge in [0.15, 0.2) is 0 Å². The van der Waals surface area contributed by atoms with Crippen molar-refractivity contribution in [1.29, 1.82) is 0 Å². The molecule has 0 heterocycles. The maximum absolute atomic E-state index is 11.5. The van der Waals surface area contributed by atoms with E-state index in [0.29, 0.717) is 18.2 Å². The molecule has 1 fully saturated rings. The fourth-order valence-electron chi connectivity index (χ4n) is 1.78. The molecule has 1 amide bonds. The van der Waals surface area contributed by atoms with Gasteiger partial charge in [-0.2, -0.15) is 11.8 Å². The van der Waals surface area contributed by atoms with E-state index in [1.165, 1.54) is 6.26 Å². The Bertz CT molecular complexity index is 407. The molecule has 112 valence electrons. The number of primary amides is 1. The molecule has 0 saturated heterocycles. The van der Waals surface area contributed by atoms with E-state index in [0.717, 1.165) is 25.0 Å². The first kappa shape index (κ1) is 16.8. The van der Waals surface area contributed by atoms with Crippen LogP contribution in [0.25, 0.3) is 0 Å². The molecular formula is C12H24N2O3S2. The molecule has 19 heavy (non-hydrogen) atoms. The molecule has 0 radical (unpaired) electrons. The molecule has 0 spiro atoms. The molecule has 5 nitrogen and oxygen atoms in total. The van der Waals surface area contributed by atoms with Gasteiger partial charge in [0.25, 0.3) is 0 Å². The lowest BCUT2D eigenvalue weighted by Crippen LogP contribution is -2.54. The molecule has 1 unspecified atom stereocenters. The van der Waals surface area contributed by atoms with Gasteiger partial charge in [0.05, 0.1) is 11.3 Å². The van der Waals surface area contributed by atoms with Gasteiger partial charge in [-0.05, 0) is 38.4 Å². The summed E-state index contributed by atoms with van der Waals surface area (Å²) in [5.41, 5.74) is 4.83. The molecule has 1 saturated carbocycles. The average molecular weight is 308 g/mol. The Labute approximate surface area is 120 Å². The van der Waals surface area contributed by atoms with Crippen molar-refractivity contribution in [2.24, 2.45) is 5.73 Å². The second-order valence-electron chi connectivity index (χ2n) is 5.46. The summed E-state index contributed by atoms with van der Waals surface area (Å²) in [6, 6.07) is 0.440. The first-order valence-corrected chi connectivity index (χ1v) is 9.77. The molecule has 1 atom stereocenters. The fraction of sp³-hybridized carbons (Fsp3) is 0.917. The zero-order valence-corrected chi connectivity index (χ0v) is 13.3. The van der Waals surface area contributed by atoms with E-state index in [4.69, 9.17) is 5.73 Å². The topological polar surface area (TPSA) is 89.3 Å². The van der Waals surface area contributed by atoms with Gasteiger partial charge in [-0.1, -0.05) is 0 Å². The van der Waals surface area contributed by atoms with E-state index in [-0.39, 0.29) is 11.7 Å². The van der Waals surface area contributed by atoms with Crippen LogP contribution in [-0.2, 0) is 14.6 Å². The number of hydrogen-bond acceptors (Lipinski definition) is 5. The summed E-state index contributed by atoms with van der Waals surface area (Å²) < 4.78 is 21.9. The monoisotopic (exact) mass is 308 g/mol. The second-order valence-corrected chi connectivity index (χ2v) is 8.95. The smallest absolute Gasteiger partial charge is 0.237 e. The van der Waals surface area contributed by atoms with Gasteiger partial charge in [0.2, 0.25) is 5.91 Å². The summed E-state index contributed by atoms with van der Waals surface area (Å²) >= 11 is 1.61. The Morgan fingerprint density at radius 3 is 2.53 bits per heavy atom. The molecule has 0 aliphatic heterocycles. The summed E-state index contributed by atoms with van der Waals surface area (Å²) in [5.74, 6) is 1.37. The Hall–Kier alpha value is -0.270. The van der Waals surface area contributed by atoms with Crippen LogP contribution in [0.2, 0.25) is 0 Å². The third-order valence-electron chi connectivity index (χ3n) is 3.21. The van der Waals surface area contributed by atoms with E-state index >= 15 is 0 Å². The molecule has 1 aliphatic rings. The summed E-state index contributed by atoms with van der Waals surface area (Å²) in [7, 11) is -2.87. The van der Waals surface area contributed by atoms with Crippen LogP contribution >= 0.6 is 11.8 Å². The number of nitrogens with one attached hydrogen (secondary N) is 1. The number of carbonyl (C=O) groups excluding carboxylic acids is 1. The minimum Gasteiger partial charge on any atom is -0.368 e. The highest BCUT2D eigenvalue weighted by Gasteiger charge is 2.36. The Balaban J connectivity index is 2.19. The van der Waals surface area contributed by atoms with Crippen molar-refractivity contribution >= 4 is 27.5 Å². The summed E-state index contributed by atoms with van der Waals surface area (Å²) in [4.78, 5) is 11.5. The van der Waals surface area contributed by atoms with Crippen LogP contribution < -0.4 is 11.1 Å². The van der Waals surface area contributed by atoms with Crippen LogP contribution in [0.1, 0.15) is 32.6 Å². The van der Waals surface area contributed by atoms with E-state index in [1.54, 1.807) is 11.8 Å². The lowest BCUT2D eigenvalue weighted by Gasteiger charge is -2.27. The van der Waals surface area contributed by atoms with Crippen LogP contribution in [0, 0.1) is 0 Å². The molecule has 0 aromatic rings. The third-order valence-corrected chi connectivity index (χ3v) is 5.48. The molecule has 3 N–H and O–H groups in total. The molecule has 7 heteroatoms. The van der Waals surface area contributed by atoms with Gasteiger partial charge in [0.1, 0.15) is 9.84 Å². The lowest BCUT2D eigenvalue weighted by molar-refractivity contribution is -0.124. The predicted molar refractivity (Wildman–Crippen MR) is 80.0 cm³/mol. The average Bonchev–Trinajstić information content (AvgIpc) is 3.05. The number of amides is 1. The van der Waals surface area contributed by atoms with E-state index in [1.807, 2.05) is 6.92 Å². The van der Waals surface area contributed by atoms with Crippen molar-refractivity contribution in [2.75, 3.05) is 23.5 Å². The SMILES string of the molecule is CC(CCCSCCS(C)(=O)=O)(NC1CC1)C(N)=O. The van der Waals surface area contributed by atoms with Crippen LogP contribution in [0.3, 0.4) is 0 Å². The van der Waals surface area contributed by atoms with Gasteiger partial charge in [-0.25, -0.2) is 8.42 Å². The number of carbonyl (C=O) groups is 1. The van der Waals surface area contributed by atoms with Crippen molar-refractivity contribution < 1.29 is 13.2 Å². The maximum Gasteiger partial charge on any atom is 0.237 e. The van der Waals surface area contributed by atoms with Gasteiger partial charge < -0.3 is 11.1 Å². The molecule has 0 bridgehead atoms. The number of hydrogen-bond donors (Lipinski definition) is 2. The summed E-state index contributed by atoms with van der Waals surface area (Å²) in [6.07, 6.45) is 5.04. The number of nitrogens with two attached hydrogens (primary N) is 1. The highest BCUT2D eigenvalue weighted by atomic mass is 32.2. The fourth-order valence-corrected chi connectivity index (χ4v) is 4.02. The van der Waals surface area contributed by atoms with Gasteiger partial charge in [0, 0.05) is 18.1 Å². The Morgan fingerprint density at radius 2 is 2.05 bits per heavy atom. The highest BCUT2D eigenvalue weighted by Crippen LogP contribution is 2.25. The van der Waals surface area contributed by atoms with Crippen molar-refractivity contribution in [1.82, 2.24) is 5.32 Å². The number of rotatable bonds is 10. The van der Waals surface area contributed by atoms with Crippen LogP contribution in [-0.4, -0.2) is 49.4 Å². The first-order valence-electron chi connectivity index (χ1n) is 6.56. The second kappa shape index (κ2) is 6.95. The van der Waals surface area contributed by atoms with E-state index in [9.17, 15) is 13.2 Å².